The molecule has 0 unspecified atom stereocenters. The summed E-state index contributed by atoms with van der Waals surface area (Å²) in [4.78, 5) is 37.9. The highest BCUT2D eigenvalue weighted by Gasteiger charge is 2.19. The van der Waals surface area contributed by atoms with Crippen molar-refractivity contribution in [2.75, 3.05) is 13.2 Å². The van der Waals surface area contributed by atoms with Gasteiger partial charge < -0.3 is 14.2 Å². The minimum absolute atomic E-state index is 0.0654. The van der Waals surface area contributed by atoms with Gasteiger partial charge in [-0.2, -0.15) is 0 Å². The Morgan fingerprint density at radius 3 is 0.741 bits per heavy atom. The highest BCUT2D eigenvalue weighted by Crippen LogP contribution is 2.17. The lowest BCUT2D eigenvalue weighted by Crippen LogP contribution is -2.30. The molecule has 0 saturated heterocycles. The minimum Gasteiger partial charge on any atom is -0.462 e. The number of carbonyl (C=O) groups excluding carboxylic acids is 3. The standard InChI is InChI=1S/C52H100O6/c1-46(2)38-32-26-20-15-11-9-7-8-10-12-17-23-29-35-41-50(53)56-44-49(58-52(55)43-37-31-25-19-22-28-34-40-48(5)6)45-57-51(54)42-36-30-24-18-14-13-16-21-27-33-39-47(3)4/h46-49H,7-45H2,1-6H3/t49-/m1/s1. The van der Waals surface area contributed by atoms with Crippen LogP contribution in [0.4, 0.5) is 0 Å². The SMILES string of the molecule is CC(C)CCCCCCCCCCCCCCCCC(=O)OC[C@H](COC(=O)CCCCCCCCCCCCC(C)C)OC(=O)CCCCCCCCCC(C)C. The first-order valence-electron chi connectivity index (χ1n) is 25.6. The van der Waals surface area contributed by atoms with Crippen molar-refractivity contribution in [2.45, 2.75) is 285 Å². The molecule has 0 spiro atoms. The first-order chi connectivity index (χ1) is 28.1. The number of rotatable bonds is 45. The summed E-state index contributed by atoms with van der Waals surface area (Å²) in [7, 11) is 0. The molecule has 0 aliphatic rings. The van der Waals surface area contributed by atoms with E-state index in [0.717, 1.165) is 75.5 Å². The van der Waals surface area contributed by atoms with Crippen LogP contribution in [0.2, 0.25) is 0 Å². The van der Waals surface area contributed by atoms with Gasteiger partial charge in [-0.15, -0.1) is 0 Å². The van der Waals surface area contributed by atoms with Crippen molar-refractivity contribution in [3.8, 4) is 0 Å². The molecule has 0 rings (SSSR count). The van der Waals surface area contributed by atoms with Crippen LogP contribution < -0.4 is 0 Å². The fraction of sp³-hybridized carbons (Fsp3) is 0.942. The zero-order chi connectivity index (χ0) is 42.7. The fourth-order valence-corrected chi connectivity index (χ4v) is 7.76. The smallest absolute Gasteiger partial charge is 0.306 e. The lowest BCUT2D eigenvalue weighted by atomic mass is 10.0. The fourth-order valence-electron chi connectivity index (χ4n) is 7.76. The second-order valence-electron chi connectivity index (χ2n) is 19.2. The van der Waals surface area contributed by atoms with Crippen LogP contribution in [0.15, 0.2) is 0 Å². The number of esters is 3. The molecule has 6 nitrogen and oxygen atoms in total. The van der Waals surface area contributed by atoms with Gasteiger partial charge in [0.15, 0.2) is 6.10 Å². The molecule has 0 saturated carbocycles. The number of ether oxygens (including phenoxy) is 3. The first-order valence-corrected chi connectivity index (χ1v) is 25.6. The van der Waals surface area contributed by atoms with E-state index in [9.17, 15) is 14.4 Å². The predicted molar refractivity (Wildman–Crippen MR) is 247 cm³/mol. The molecular weight excluding hydrogens is 721 g/mol. The summed E-state index contributed by atoms with van der Waals surface area (Å²) in [5.74, 6) is 1.58. The Morgan fingerprint density at radius 1 is 0.293 bits per heavy atom. The summed E-state index contributed by atoms with van der Waals surface area (Å²) < 4.78 is 16.8. The molecule has 58 heavy (non-hydrogen) atoms. The number of hydrogen-bond donors (Lipinski definition) is 0. The van der Waals surface area contributed by atoms with E-state index in [4.69, 9.17) is 14.2 Å². The molecule has 0 aromatic rings. The van der Waals surface area contributed by atoms with E-state index >= 15 is 0 Å². The zero-order valence-electron chi connectivity index (χ0n) is 39.8. The molecule has 0 aromatic heterocycles. The van der Waals surface area contributed by atoms with Crippen molar-refractivity contribution < 1.29 is 28.6 Å². The third kappa shape index (κ3) is 45.5. The van der Waals surface area contributed by atoms with E-state index in [-0.39, 0.29) is 31.1 Å². The Kier molecular flexibility index (Phi) is 42.3. The topological polar surface area (TPSA) is 78.9 Å². The predicted octanol–water partition coefficient (Wildman–Crippen LogP) is 16.4. The summed E-state index contributed by atoms with van der Waals surface area (Å²) >= 11 is 0. The Balaban J connectivity index is 4.27. The minimum atomic E-state index is -0.763. The van der Waals surface area contributed by atoms with Crippen LogP contribution in [0.5, 0.6) is 0 Å². The summed E-state index contributed by atoms with van der Waals surface area (Å²) in [6.45, 7) is 13.7. The molecule has 0 aromatic carbocycles. The molecule has 344 valence electrons. The van der Waals surface area contributed by atoms with E-state index in [1.54, 1.807) is 0 Å². The van der Waals surface area contributed by atoms with Crippen molar-refractivity contribution >= 4 is 17.9 Å². The van der Waals surface area contributed by atoms with Crippen LogP contribution in [0.25, 0.3) is 0 Å². The summed E-state index contributed by atoms with van der Waals surface area (Å²) in [6, 6.07) is 0. The average molecular weight is 821 g/mol. The number of hydrogen-bond acceptors (Lipinski definition) is 6. The molecule has 0 fully saturated rings. The van der Waals surface area contributed by atoms with Gasteiger partial charge in [0.2, 0.25) is 0 Å². The van der Waals surface area contributed by atoms with Crippen LogP contribution in [0, 0.1) is 17.8 Å². The normalized spacial score (nSPS) is 12.2. The van der Waals surface area contributed by atoms with Crippen LogP contribution in [-0.2, 0) is 28.6 Å². The Bertz CT molecular complexity index is 898. The van der Waals surface area contributed by atoms with Crippen molar-refractivity contribution in [1.82, 2.24) is 0 Å². The molecule has 0 heterocycles. The second kappa shape index (κ2) is 43.5. The molecular formula is C52H100O6. The molecule has 0 aliphatic heterocycles. The van der Waals surface area contributed by atoms with Gasteiger partial charge in [-0.25, -0.2) is 0 Å². The van der Waals surface area contributed by atoms with Gasteiger partial charge in [0, 0.05) is 19.3 Å². The Labute approximate surface area is 361 Å². The molecule has 0 bridgehead atoms. The zero-order valence-corrected chi connectivity index (χ0v) is 39.8. The van der Waals surface area contributed by atoms with Gasteiger partial charge in [-0.3, -0.25) is 14.4 Å². The molecule has 0 N–H and O–H groups in total. The second-order valence-corrected chi connectivity index (χ2v) is 19.2. The number of unbranched alkanes of at least 4 members (excludes halogenated alkanes) is 28. The van der Waals surface area contributed by atoms with E-state index in [1.165, 1.54) is 161 Å². The van der Waals surface area contributed by atoms with Crippen LogP contribution >= 0.6 is 0 Å². The number of carbonyl (C=O) groups is 3. The van der Waals surface area contributed by atoms with Crippen LogP contribution in [0.1, 0.15) is 279 Å². The Morgan fingerprint density at radius 2 is 0.500 bits per heavy atom. The van der Waals surface area contributed by atoms with E-state index in [2.05, 4.69) is 41.5 Å². The van der Waals surface area contributed by atoms with Crippen molar-refractivity contribution in [3.05, 3.63) is 0 Å². The van der Waals surface area contributed by atoms with Crippen molar-refractivity contribution in [3.63, 3.8) is 0 Å². The van der Waals surface area contributed by atoms with Crippen LogP contribution in [-0.4, -0.2) is 37.2 Å². The van der Waals surface area contributed by atoms with Crippen LogP contribution in [0.3, 0.4) is 0 Å². The van der Waals surface area contributed by atoms with E-state index in [0.29, 0.717) is 19.3 Å². The van der Waals surface area contributed by atoms with Gasteiger partial charge in [0.1, 0.15) is 13.2 Å². The highest BCUT2D eigenvalue weighted by atomic mass is 16.6. The first kappa shape index (κ1) is 56.4. The maximum Gasteiger partial charge on any atom is 0.306 e. The van der Waals surface area contributed by atoms with Crippen molar-refractivity contribution in [2.24, 2.45) is 17.8 Å². The maximum absolute atomic E-state index is 12.7. The van der Waals surface area contributed by atoms with Gasteiger partial charge in [-0.05, 0) is 37.0 Å². The summed E-state index contributed by atoms with van der Waals surface area (Å²) in [6.07, 6.45) is 42.4. The van der Waals surface area contributed by atoms with E-state index < -0.39 is 6.10 Å². The van der Waals surface area contributed by atoms with E-state index in [1.807, 2.05) is 0 Å². The monoisotopic (exact) mass is 821 g/mol. The lowest BCUT2D eigenvalue weighted by molar-refractivity contribution is -0.167. The van der Waals surface area contributed by atoms with Gasteiger partial charge >= 0.3 is 17.9 Å². The summed E-state index contributed by atoms with van der Waals surface area (Å²) in [5.41, 5.74) is 0. The summed E-state index contributed by atoms with van der Waals surface area (Å²) in [5, 5.41) is 0. The molecule has 0 amide bonds. The maximum atomic E-state index is 12.7. The molecule has 0 radical (unpaired) electrons. The highest BCUT2D eigenvalue weighted by molar-refractivity contribution is 5.71. The lowest BCUT2D eigenvalue weighted by Gasteiger charge is -2.18. The average Bonchev–Trinajstić information content (AvgIpc) is 3.18. The van der Waals surface area contributed by atoms with Gasteiger partial charge in [0.05, 0.1) is 0 Å². The quantitative estimate of drug-likeness (QED) is 0.0346. The largest absolute Gasteiger partial charge is 0.462 e. The van der Waals surface area contributed by atoms with Gasteiger partial charge in [-0.1, -0.05) is 241 Å². The molecule has 1 atom stereocenters. The van der Waals surface area contributed by atoms with Gasteiger partial charge in [0.25, 0.3) is 0 Å². The third-order valence-corrected chi connectivity index (χ3v) is 11.6. The molecule has 6 heteroatoms. The third-order valence-electron chi connectivity index (χ3n) is 11.6. The van der Waals surface area contributed by atoms with Crippen molar-refractivity contribution in [1.29, 1.82) is 0 Å². The molecule has 0 aliphatic carbocycles. The Hall–Kier alpha value is -1.59.